The van der Waals surface area contributed by atoms with Gasteiger partial charge in [0.05, 0.1) is 13.2 Å². The highest BCUT2D eigenvalue weighted by Gasteiger charge is 2.23. The van der Waals surface area contributed by atoms with Crippen LogP contribution in [-0.4, -0.2) is 55.5 Å². The number of ether oxygens (including phenoxy) is 1. The zero-order chi connectivity index (χ0) is 12.6. The quantitative estimate of drug-likeness (QED) is 0.614. The number of methoxy groups -OCH3 is 1. The van der Waals surface area contributed by atoms with Gasteiger partial charge in [-0.2, -0.15) is 0 Å². The summed E-state index contributed by atoms with van der Waals surface area (Å²) in [5, 5.41) is 9.45. The molecule has 4 nitrogen and oxygen atoms in total. The van der Waals surface area contributed by atoms with E-state index in [4.69, 9.17) is 10.5 Å². The van der Waals surface area contributed by atoms with E-state index in [2.05, 4.69) is 25.7 Å². The molecule has 0 aliphatic carbocycles. The van der Waals surface area contributed by atoms with Gasteiger partial charge in [0.1, 0.15) is 0 Å². The number of nitrogens with zero attached hydrogens (tertiary/aromatic N) is 1. The SMILES string of the molecule is CCC(N)C(CO)N(CCOC)CC(C)C. The van der Waals surface area contributed by atoms with Gasteiger partial charge in [0.15, 0.2) is 0 Å². The number of rotatable bonds is 9. The van der Waals surface area contributed by atoms with Gasteiger partial charge >= 0.3 is 0 Å². The van der Waals surface area contributed by atoms with E-state index >= 15 is 0 Å². The normalized spacial score (nSPS) is 15.8. The number of hydrogen-bond acceptors (Lipinski definition) is 4. The molecular formula is C12H28N2O2. The summed E-state index contributed by atoms with van der Waals surface area (Å²) in [6.45, 7) is 8.97. The largest absolute Gasteiger partial charge is 0.395 e. The fourth-order valence-electron chi connectivity index (χ4n) is 1.86. The standard InChI is InChI=1S/C12H28N2O2/c1-5-11(13)12(9-15)14(6-7-16-4)8-10(2)3/h10-12,15H,5-9,13H2,1-4H3. The summed E-state index contributed by atoms with van der Waals surface area (Å²) in [5.74, 6) is 0.565. The number of aliphatic hydroxyl groups excluding tert-OH is 1. The van der Waals surface area contributed by atoms with Crippen LogP contribution in [0.15, 0.2) is 0 Å². The maximum absolute atomic E-state index is 9.45. The van der Waals surface area contributed by atoms with Crippen molar-refractivity contribution in [2.45, 2.75) is 39.3 Å². The Labute approximate surface area is 99.8 Å². The highest BCUT2D eigenvalue weighted by Crippen LogP contribution is 2.09. The van der Waals surface area contributed by atoms with E-state index in [1.54, 1.807) is 7.11 Å². The van der Waals surface area contributed by atoms with Crippen molar-refractivity contribution < 1.29 is 9.84 Å². The van der Waals surface area contributed by atoms with Crippen molar-refractivity contribution in [3.05, 3.63) is 0 Å². The molecule has 4 heteroatoms. The lowest BCUT2D eigenvalue weighted by molar-refractivity contribution is 0.0648. The number of aliphatic hydroxyl groups is 1. The zero-order valence-corrected chi connectivity index (χ0v) is 11.1. The van der Waals surface area contributed by atoms with Crippen LogP contribution < -0.4 is 5.73 Å². The van der Waals surface area contributed by atoms with Gasteiger partial charge in [0.2, 0.25) is 0 Å². The maximum Gasteiger partial charge on any atom is 0.0601 e. The summed E-state index contributed by atoms with van der Waals surface area (Å²) in [4.78, 5) is 2.24. The lowest BCUT2D eigenvalue weighted by Crippen LogP contribution is -2.52. The van der Waals surface area contributed by atoms with Crippen LogP contribution in [0.4, 0.5) is 0 Å². The molecule has 0 amide bonds. The minimum atomic E-state index is 0.0283. The molecule has 98 valence electrons. The second-order valence-electron chi connectivity index (χ2n) is 4.70. The van der Waals surface area contributed by atoms with E-state index in [0.29, 0.717) is 12.5 Å². The van der Waals surface area contributed by atoms with E-state index in [9.17, 15) is 5.11 Å². The van der Waals surface area contributed by atoms with Crippen molar-refractivity contribution in [1.82, 2.24) is 4.90 Å². The van der Waals surface area contributed by atoms with Crippen LogP contribution in [0, 0.1) is 5.92 Å². The van der Waals surface area contributed by atoms with Gasteiger partial charge in [-0.3, -0.25) is 4.90 Å². The Morgan fingerprint density at radius 3 is 2.38 bits per heavy atom. The Morgan fingerprint density at radius 2 is 2.00 bits per heavy atom. The van der Waals surface area contributed by atoms with Crippen LogP contribution in [0.25, 0.3) is 0 Å². The highest BCUT2D eigenvalue weighted by atomic mass is 16.5. The average Bonchev–Trinajstić information content (AvgIpc) is 2.25. The molecule has 16 heavy (non-hydrogen) atoms. The number of nitrogens with two attached hydrogens (primary N) is 1. The molecule has 0 fully saturated rings. The summed E-state index contributed by atoms with van der Waals surface area (Å²) < 4.78 is 5.10. The first-order valence-corrected chi connectivity index (χ1v) is 6.16. The Morgan fingerprint density at radius 1 is 1.38 bits per heavy atom. The minimum absolute atomic E-state index is 0.0283. The molecule has 0 rings (SSSR count). The van der Waals surface area contributed by atoms with Crippen LogP contribution >= 0.6 is 0 Å². The van der Waals surface area contributed by atoms with Crippen molar-refractivity contribution >= 4 is 0 Å². The Kier molecular flexibility index (Phi) is 8.84. The summed E-state index contributed by atoms with van der Waals surface area (Å²) in [6.07, 6.45) is 0.882. The first-order chi connectivity index (χ1) is 7.56. The number of hydrogen-bond donors (Lipinski definition) is 2. The third kappa shape index (κ3) is 5.80. The predicted molar refractivity (Wildman–Crippen MR) is 67.4 cm³/mol. The van der Waals surface area contributed by atoms with Gasteiger partial charge in [-0.05, 0) is 12.3 Å². The first-order valence-electron chi connectivity index (χ1n) is 6.16. The molecule has 0 aromatic carbocycles. The van der Waals surface area contributed by atoms with Crippen molar-refractivity contribution in [3.63, 3.8) is 0 Å². The summed E-state index contributed by atoms with van der Waals surface area (Å²) >= 11 is 0. The van der Waals surface area contributed by atoms with E-state index < -0.39 is 0 Å². The fourth-order valence-corrected chi connectivity index (χ4v) is 1.86. The van der Waals surface area contributed by atoms with Gasteiger partial charge in [-0.25, -0.2) is 0 Å². The molecule has 2 atom stereocenters. The van der Waals surface area contributed by atoms with Gasteiger partial charge in [0, 0.05) is 32.3 Å². The monoisotopic (exact) mass is 232 g/mol. The van der Waals surface area contributed by atoms with Gasteiger partial charge < -0.3 is 15.6 Å². The summed E-state index contributed by atoms with van der Waals surface area (Å²) in [5.41, 5.74) is 6.03. The Bertz CT molecular complexity index is 165. The van der Waals surface area contributed by atoms with Gasteiger partial charge in [-0.15, -0.1) is 0 Å². The van der Waals surface area contributed by atoms with Crippen LogP contribution in [0.5, 0.6) is 0 Å². The molecule has 0 spiro atoms. The van der Waals surface area contributed by atoms with Crippen LogP contribution in [0.1, 0.15) is 27.2 Å². The highest BCUT2D eigenvalue weighted by molar-refractivity contribution is 4.81. The predicted octanol–water partition coefficient (Wildman–Crippen LogP) is 0.689. The second-order valence-corrected chi connectivity index (χ2v) is 4.70. The van der Waals surface area contributed by atoms with Crippen LogP contribution in [0.3, 0.4) is 0 Å². The average molecular weight is 232 g/mol. The van der Waals surface area contributed by atoms with E-state index in [1.807, 2.05) is 0 Å². The molecule has 0 radical (unpaired) electrons. The van der Waals surface area contributed by atoms with Crippen molar-refractivity contribution in [3.8, 4) is 0 Å². The molecule has 0 aromatic rings. The molecule has 2 unspecified atom stereocenters. The fraction of sp³-hybridized carbons (Fsp3) is 1.00. The summed E-state index contributed by atoms with van der Waals surface area (Å²) in [7, 11) is 1.70. The first kappa shape index (κ1) is 15.8. The van der Waals surface area contributed by atoms with E-state index in [0.717, 1.165) is 19.5 Å². The van der Waals surface area contributed by atoms with E-state index in [-0.39, 0.29) is 18.7 Å². The molecule has 0 saturated carbocycles. The zero-order valence-electron chi connectivity index (χ0n) is 11.1. The van der Waals surface area contributed by atoms with Gasteiger partial charge in [0.25, 0.3) is 0 Å². The lowest BCUT2D eigenvalue weighted by Gasteiger charge is -2.35. The maximum atomic E-state index is 9.45. The molecule has 0 heterocycles. The Hall–Kier alpha value is -0.160. The molecule has 0 aromatic heterocycles. The molecular weight excluding hydrogens is 204 g/mol. The molecule has 0 saturated heterocycles. The second kappa shape index (κ2) is 8.93. The van der Waals surface area contributed by atoms with Gasteiger partial charge in [-0.1, -0.05) is 20.8 Å². The molecule has 0 aliphatic rings. The van der Waals surface area contributed by atoms with Crippen LogP contribution in [-0.2, 0) is 4.74 Å². The third-order valence-corrected chi connectivity index (χ3v) is 2.80. The molecule has 0 bridgehead atoms. The van der Waals surface area contributed by atoms with Crippen molar-refractivity contribution in [1.29, 1.82) is 0 Å². The Balaban J connectivity index is 4.41. The lowest BCUT2D eigenvalue weighted by atomic mass is 10.0. The third-order valence-electron chi connectivity index (χ3n) is 2.80. The van der Waals surface area contributed by atoms with Crippen molar-refractivity contribution in [2.24, 2.45) is 11.7 Å². The minimum Gasteiger partial charge on any atom is -0.395 e. The summed E-state index contributed by atoms with van der Waals surface area (Å²) in [6, 6.07) is 0.0724. The van der Waals surface area contributed by atoms with Crippen LogP contribution in [0.2, 0.25) is 0 Å². The van der Waals surface area contributed by atoms with E-state index in [1.165, 1.54) is 0 Å². The van der Waals surface area contributed by atoms with Crippen molar-refractivity contribution in [2.75, 3.05) is 33.4 Å². The topological polar surface area (TPSA) is 58.7 Å². The molecule has 3 N–H and O–H groups in total. The molecule has 0 aliphatic heterocycles. The smallest absolute Gasteiger partial charge is 0.0601 e.